The van der Waals surface area contributed by atoms with Crippen LogP contribution in [0.3, 0.4) is 0 Å². The molecule has 2 aromatic carbocycles. The van der Waals surface area contributed by atoms with Crippen molar-refractivity contribution >= 4 is 18.5 Å². The first-order chi connectivity index (χ1) is 17.0. The molecular weight excluding hydrogens is 459 g/mol. The van der Waals surface area contributed by atoms with Gasteiger partial charge in [-0.05, 0) is 62.9 Å². The smallest absolute Gasteiger partial charge is 0.220 e. The maximum Gasteiger partial charge on any atom is 0.220 e. The minimum absolute atomic E-state index is 0.00106. The molecule has 0 radical (unpaired) electrons. The van der Waals surface area contributed by atoms with Crippen LogP contribution < -0.4 is 5.32 Å². The van der Waals surface area contributed by atoms with Crippen LogP contribution in [0.15, 0.2) is 84.7 Å². The SMILES string of the molecule is C/C=C\C/C=C(\C)CS.O=C(CCCCc1nncn1-c1ccccc1)NCc1ccc(F)cc1. The van der Waals surface area contributed by atoms with Crippen LogP contribution in [0, 0.1) is 5.82 Å². The van der Waals surface area contributed by atoms with E-state index in [4.69, 9.17) is 0 Å². The van der Waals surface area contributed by atoms with E-state index >= 15 is 0 Å². The van der Waals surface area contributed by atoms with E-state index in [0.29, 0.717) is 13.0 Å². The molecule has 0 unspecified atom stereocenters. The van der Waals surface area contributed by atoms with E-state index in [1.54, 1.807) is 18.5 Å². The molecule has 0 spiro atoms. The van der Waals surface area contributed by atoms with E-state index < -0.39 is 0 Å². The Bertz CT molecular complexity index is 1060. The molecule has 186 valence electrons. The van der Waals surface area contributed by atoms with E-state index in [2.05, 4.69) is 53.3 Å². The molecule has 1 aromatic heterocycles. The second kappa shape index (κ2) is 16.4. The molecule has 0 atom stereocenters. The molecule has 0 aliphatic carbocycles. The summed E-state index contributed by atoms with van der Waals surface area (Å²) < 4.78 is 14.8. The summed E-state index contributed by atoms with van der Waals surface area (Å²) in [5, 5.41) is 11.0. The molecule has 1 N–H and O–H groups in total. The molecule has 0 fully saturated rings. The summed E-state index contributed by atoms with van der Waals surface area (Å²) in [6.45, 7) is 4.54. The number of thiol groups is 1. The number of hydrogen-bond acceptors (Lipinski definition) is 4. The van der Waals surface area contributed by atoms with Crippen LogP contribution in [0.2, 0.25) is 0 Å². The van der Waals surface area contributed by atoms with Gasteiger partial charge in [0.05, 0.1) is 0 Å². The monoisotopic (exact) mass is 494 g/mol. The molecule has 0 saturated carbocycles. The Morgan fingerprint density at radius 3 is 2.54 bits per heavy atom. The molecule has 35 heavy (non-hydrogen) atoms. The van der Waals surface area contributed by atoms with Crippen molar-refractivity contribution in [2.45, 2.75) is 52.5 Å². The number of benzene rings is 2. The maximum absolute atomic E-state index is 12.8. The zero-order chi connectivity index (χ0) is 25.3. The second-order valence-corrected chi connectivity index (χ2v) is 8.39. The lowest BCUT2D eigenvalue weighted by Crippen LogP contribution is -2.22. The first kappa shape index (κ1) is 28.1. The zero-order valence-electron chi connectivity index (χ0n) is 20.5. The van der Waals surface area contributed by atoms with Gasteiger partial charge in [0.1, 0.15) is 18.0 Å². The third kappa shape index (κ3) is 11.2. The van der Waals surface area contributed by atoms with Crippen molar-refractivity contribution in [1.82, 2.24) is 20.1 Å². The number of unbranched alkanes of at least 4 members (excludes halogenated alkanes) is 1. The standard InChI is InChI=1S/C20H21FN4O.C8H14S/c21-17-12-10-16(11-13-17)14-22-20(26)9-5-4-8-19-24-23-15-25(19)18-6-2-1-3-7-18;1-3-4-5-6-8(2)7-9/h1-3,6-7,10-13,15H,4-5,8-9,14H2,(H,22,26);3-4,6,9H,5,7H2,1-2H3/b;4-3-,8-6+. The summed E-state index contributed by atoms with van der Waals surface area (Å²) in [5.41, 5.74) is 3.26. The van der Waals surface area contributed by atoms with Crippen molar-refractivity contribution in [3.63, 3.8) is 0 Å². The van der Waals surface area contributed by atoms with Crippen LogP contribution >= 0.6 is 12.6 Å². The average molecular weight is 495 g/mol. The van der Waals surface area contributed by atoms with Crippen molar-refractivity contribution in [2.24, 2.45) is 0 Å². The van der Waals surface area contributed by atoms with E-state index in [0.717, 1.165) is 48.5 Å². The van der Waals surface area contributed by atoms with Crippen LogP contribution in [0.1, 0.15) is 50.9 Å². The summed E-state index contributed by atoms with van der Waals surface area (Å²) >= 11 is 4.13. The number of amides is 1. The lowest BCUT2D eigenvalue weighted by atomic mass is 10.1. The highest BCUT2D eigenvalue weighted by Crippen LogP contribution is 2.11. The number of halogens is 1. The number of para-hydroxylation sites is 1. The van der Waals surface area contributed by atoms with Gasteiger partial charge in [-0.15, -0.1) is 10.2 Å². The number of carbonyl (C=O) groups excluding carboxylic acids is 1. The molecule has 1 heterocycles. The highest BCUT2D eigenvalue weighted by molar-refractivity contribution is 7.80. The Kier molecular flexibility index (Phi) is 13.2. The van der Waals surface area contributed by atoms with E-state index in [1.165, 1.54) is 17.7 Å². The first-order valence-corrected chi connectivity index (χ1v) is 12.5. The predicted molar refractivity (Wildman–Crippen MR) is 144 cm³/mol. The summed E-state index contributed by atoms with van der Waals surface area (Å²) in [6.07, 6.45) is 12.0. The largest absolute Gasteiger partial charge is 0.352 e. The maximum atomic E-state index is 12.8. The number of carbonyl (C=O) groups is 1. The van der Waals surface area contributed by atoms with Gasteiger partial charge in [-0.1, -0.05) is 54.1 Å². The second-order valence-electron chi connectivity index (χ2n) is 8.08. The van der Waals surface area contributed by atoms with Gasteiger partial charge in [0.25, 0.3) is 0 Å². The molecule has 5 nitrogen and oxygen atoms in total. The topological polar surface area (TPSA) is 59.8 Å². The van der Waals surface area contributed by atoms with Crippen LogP contribution in [-0.2, 0) is 17.8 Å². The Morgan fingerprint density at radius 1 is 1.11 bits per heavy atom. The number of allylic oxidation sites excluding steroid dienone is 3. The number of nitrogens with zero attached hydrogens (tertiary/aromatic N) is 3. The van der Waals surface area contributed by atoms with Gasteiger partial charge in [-0.2, -0.15) is 12.6 Å². The molecule has 3 rings (SSSR count). The van der Waals surface area contributed by atoms with Crippen LogP contribution in [0.5, 0.6) is 0 Å². The third-order valence-corrected chi connectivity index (χ3v) is 5.70. The van der Waals surface area contributed by atoms with Crippen molar-refractivity contribution in [3.05, 3.63) is 102 Å². The number of aromatic nitrogens is 3. The van der Waals surface area contributed by atoms with Gasteiger partial charge in [-0.25, -0.2) is 4.39 Å². The number of aryl methyl sites for hydroxylation is 1. The van der Waals surface area contributed by atoms with Crippen LogP contribution in [0.4, 0.5) is 4.39 Å². The van der Waals surface area contributed by atoms with Gasteiger partial charge >= 0.3 is 0 Å². The molecule has 1 amide bonds. The highest BCUT2D eigenvalue weighted by atomic mass is 32.1. The Balaban J connectivity index is 0.000000410. The van der Waals surface area contributed by atoms with Crippen molar-refractivity contribution < 1.29 is 9.18 Å². The molecule has 0 saturated heterocycles. The van der Waals surface area contributed by atoms with E-state index in [1.807, 2.05) is 41.8 Å². The average Bonchev–Trinajstić information content (AvgIpc) is 3.36. The van der Waals surface area contributed by atoms with Crippen LogP contribution in [-0.4, -0.2) is 26.4 Å². The lowest BCUT2D eigenvalue weighted by Gasteiger charge is -2.07. The lowest BCUT2D eigenvalue weighted by molar-refractivity contribution is -0.121. The van der Waals surface area contributed by atoms with Crippen molar-refractivity contribution in [2.75, 3.05) is 5.75 Å². The van der Waals surface area contributed by atoms with E-state index in [-0.39, 0.29) is 11.7 Å². The molecular formula is C28H35FN4OS. The van der Waals surface area contributed by atoms with Gasteiger partial charge in [-0.3, -0.25) is 9.36 Å². The minimum Gasteiger partial charge on any atom is -0.352 e. The summed E-state index contributed by atoms with van der Waals surface area (Å²) in [7, 11) is 0. The Hall–Kier alpha value is -3.19. The fourth-order valence-electron chi connectivity index (χ4n) is 3.16. The first-order valence-electron chi connectivity index (χ1n) is 11.9. The minimum atomic E-state index is -0.275. The van der Waals surface area contributed by atoms with Gasteiger partial charge in [0, 0.05) is 30.8 Å². The fraction of sp³-hybridized carbons (Fsp3) is 0.321. The predicted octanol–water partition coefficient (Wildman–Crippen LogP) is 6.26. The Labute approximate surface area is 213 Å². The highest BCUT2D eigenvalue weighted by Gasteiger charge is 2.07. The van der Waals surface area contributed by atoms with Crippen molar-refractivity contribution in [3.8, 4) is 5.69 Å². The quantitative estimate of drug-likeness (QED) is 0.188. The zero-order valence-corrected chi connectivity index (χ0v) is 21.4. The Morgan fingerprint density at radius 2 is 1.86 bits per heavy atom. The number of nitrogens with one attached hydrogen (secondary N) is 1. The molecule has 3 aromatic rings. The number of rotatable bonds is 11. The third-order valence-electron chi connectivity index (χ3n) is 5.20. The molecule has 0 aliphatic heterocycles. The summed E-state index contributed by atoms with van der Waals surface area (Å²) in [6, 6.07) is 16.1. The van der Waals surface area contributed by atoms with Gasteiger partial charge in [0.2, 0.25) is 5.91 Å². The molecule has 0 bridgehead atoms. The van der Waals surface area contributed by atoms with Crippen molar-refractivity contribution in [1.29, 1.82) is 0 Å². The number of hydrogen-bond donors (Lipinski definition) is 2. The normalized spacial score (nSPS) is 11.3. The van der Waals surface area contributed by atoms with Crippen LogP contribution in [0.25, 0.3) is 5.69 Å². The summed E-state index contributed by atoms with van der Waals surface area (Å²) in [4.78, 5) is 11.9. The fourth-order valence-corrected chi connectivity index (χ4v) is 3.29. The molecule has 0 aliphatic rings. The molecule has 7 heteroatoms. The van der Waals surface area contributed by atoms with E-state index in [9.17, 15) is 9.18 Å². The van der Waals surface area contributed by atoms with Gasteiger partial charge < -0.3 is 5.32 Å². The summed E-state index contributed by atoms with van der Waals surface area (Å²) in [5.74, 6) is 1.49. The van der Waals surface area contributed by atoms with Gasteiger partial charge in [0.15, 0.2) is 0 Å².